The number of H-pyrrole nitrogens is 1. The Balaban J connectivity index is 1.32. The number of benzene rings is 4. The van der Waals surface area contributed by atoms with Gasteiger partial charge in [-0.1, -0.05) is 54.6 Å². The monoisotopic (exact) mass is 655 g/mol. The maximum atomic E-state index is 13.6. The third-order valence-electron chi connectivity index (χ3n) is 7.21. The zero-order valence-electron chi connectivity index (χ0n) is 23.1. The molecule has 3 N–H and O–H groups in total. The molecule has 1 atom stereocenters. The number of hydrogen-bond acceptors (Lipinski definition) is 6. The molecule has 0 spiro atoms. The lowest BCUT2D eigenvalue weighted by Gasteiger charge is -2.19. The predicted octanol–water partition coefficient (Wildman–Crippen LogP) is 4.69. The van der Waals surface area contributed by atoms with Gasteiger partial charge >= 0.3 is 16.4 Å². The molecule has 15 heteroatoms. The molecular weight excluding hydrogens is 631 g/mol. The second-order valence-corrected chi connectivity index (χ2v) is 13.6. The van der Waals surface area contributed by atoms with Gasteiger partial charge < -0.3 is 4.98 Å². The number of aromatic nitrogens is 2. The number of halogens is 3. The summed E-state index contributed by atoms with van der Waals surface area (Å²) in [6, 6.07) is 23.6. The van der Waals surface area contributed by atoms with E-state index in [1.807, 2.05) is 35.1 Å². The molecule has 0 saturated carbocycles. The molecule has 45 heavy (non-hydrogen) atoms. The van der Waals surface area contributed by atoms with E-state index < -0.39 is 43.9 Å². The molecular formula is C30H24F3N5O5S2. The van der Waals surface area contributed by atoms with E-state index in [2.05, 4.69) is 14.7 Å². The lowest BCUT2D eigenvalue weighted by molar-refractivity contribution is -0.137. The number of amides is 1. The Kier molecular flexibility index (Phi) is 7.62. The van der Waals surface area contributed by atoms with E-state index in [4.69, 9.17) is 0 Å². The number of carbonyl (C=O) groups excluding carboxylic acids is 1. The highest BCUT2D eigenvalue weighted by Crippen LogP contribution is 2.32. The van der Waals surface area contributed by atoms with Crippen molar-refractivity contribution in [1.29, 1.82) is 0 Å². The van der Waals surface area contributed by atoms with Crippen LogP contribution >= 0.6 is 0 Å². The van der Waals surface area contributed by atoms with Crippen molar-refractivity contribution in [3.05, 3.63) is 114 Å². The van der Waals surface area contributed by atoms with Crippen LogP contribution in [0.25, 0.3) is 22.2 Å². The highest BCUT2D eigenvalue weighted by atomic mass is 32.2. The minimum Gasteiger partial charge on any atom is -0.341 e. The molecule has 0 radical (unpaired) electrons. The molecule has 232 valence electrons. The van der Waals surface area contributed by atoms with Crippen LogP contribution in [0.5, 0.6) is 0 Å². The molecule has 1 amide bonds. The topological polar surface area (TPSA) is 141 Å². The van der Waals surface area contributed by atoms with E-state index in [1.165, 1.54) is 30.3 Å². The summed E-state index contributed by atoms with van der Waals surface area (Å²) in [7, 11) is -8.19. The number of imidazole rings is 1. The van der Waals surface area contributed by atoms with Gasteiger partial charge in [0.2, 0.25) is 10.0 Å². The smallest absolute Gasteiger partial charge is 0.341 e. The average molecular weight is 656 g/mol. The zero-order valence-corrected chi connectivity index (χ0v) is 24.7. The molecule has 1 aromatic heterocycles. The normalized spacial score (nSPS) is 15.7. The van der Waals surface area contributed by atoms with Crippen molar-refractivity contribution in [2.24, 2.45) is 0 Å². The minimum atomic E-state index is -4.59. The number of fused-ring (bicyclic) bond motifs is 1. The predicted molar refractivity (Wildman–Crippen MR) is 161 cm³/mol. The van der Waals surface area contributed by atoms with E-state index in [1.54, 1.807) is 24.3 Å². The Hall–Kier alpha value is -4.73. The number of hydrogen-bond donors (Lipinski definition) is 3. The van der Waals surface area contributed by atoms with Crippen molar-refractivity contribution in [1.82, 2.24) is 19.4 Å². The molecule has 1 aliphatic heterocycles. The Morgan fingerprint density at radius 3 is 2.20 bits per heavy atom. The van der Waals surface area contributed by atoms with Gasteiger partial charge in [0.05, 0.1) is 33.2 Å². The minimum absolute atomic E-state index is 0.00249. The van der Waals surface area contributed by atoms with Gasteiger partial charge in [0.15, 0.2) is 0 Å². The van der Waals surface area contributed by atoms with Gasteiger partial charge in [0.1, 0.15) is 12.4 Å². The largest absolute Gasteiger partial charge is 0.416 e. The van der Waals surface area contributed by atoms with E-state index in [-0.39, 0.29) is 40.4 Å². The third kappa shape index (κ3) is 6.41. The summed E-state index contributed by atoms with van der Waals surface area (Å²) in [6.45, 7) is -0.383. The quantitative estimate of drug-likeness (QED) is 0.222. The Bertz CT molecular complexity index is 2100. The molecule has 2 heterocycles. The van der Waals surface area contributed by atoms with Crippen molar-refractivity contribution >= 4 is 42.9 Å². The number of rotatable bonds is 8. The first-order valence-electron chi connectivity index (χ1n) is 13.5. The van der Waals surface area contributed by atoms with Crippen molar-refractivity contribution in [3.63, 3.8) is 0 Å². The maximum absolute atomic E-state index is 13.6. The van der Waals surface area contributed by atoms with Crippen LogP contribution in [0.2, 0.25) is 0 Å². The average Bonchev–Trinajstić information content (AvgIpc) is 3.55. The fourth-order valence-corrected chi connectivity index (χ4v) is 7.34. The number of anilines is 1. The number of alkyl halides is 3. The number of carbonyl (C=O) groups is 1. The number of aromatic amines is 1. The van der Waals surface area contributed by atoms with Crippen LogP contribution in [-0.2, 0) is 37.6 Å². The van der Waals surface area contributed by atoms with Crippen molar-refractivity contribution in [3.8, 4) is 11.1 Å². The summed E-state index contributed by atoms with van der Waals surface area (Å²) in [5, 5.41) is 0. The van der Waals surface area contributed by atoms with E-state index >= 15 is 0 Å². The van der Waals surface area contributed by atoms with E-state index in [0.717, 1.165) is 27.6 Å². The Morgan fingerprint density at radius 1 is 0.911 bits per heavy atom. The summed E-state index contributed by atoms with van der Waals surface area (Å²) in [6.07, 6.45) is -4.59. The molecule has 4 aromatic carbocycles. The highest BCUT2D eigenvalue weighted by molar-refractivity contribution is 7.92. The first-order valence-corrected chi connectivity index (χ1v) is 16.4. The van der Waals surface area contributed by atoms with Gasteiger partial charge in [-0.15, -0.1) is 0 Å². The van der Waals surface area contributed by atoms with E-state index in [9.17, 15) is 34.8 Å². The van der Waals surface area contributed by atoms with E-state index in [0.29, 0.717) is 5.56 Å². The lowest BCUT2D eigenvalue weighted by atomic mass is 10.1. The van der Waals surface area contributed by atoms with Gasteiger partial charge in [0, 0.05) is 0 Å². The summed E-state index contributed by atoms with van der Waals surface area (Å²) >= 11 is 0. The standard InChI is InChI=1S/C30H24F3N5O5S2/c31-30(32,33)22-10-15-25-26(17-22)35-29(34-25)27(16-19-6-11-23(12-7-19)38-18-28(39)37-45(38,42)43)36-44(40,41)24-13-8-21(9-14-24)20-4-2-1-3-5-20/h1-15,17,27,36H,16,18H2,(H,34,35)(H,37,39)/t27-/m0/s1. The highest BCUT2D eigenvalue weighted by Gasteiger charge is 2.34. The molecule has 0 unspecified atom stereocenters. The molecule has 10 nitrogen and oxygen atoms in total. The SMILES string of the molecule is O=C1CN(c2ccc(C[C@H](NS(=O)(=O)c3ccc(-c4ccccc4)cc3)c3nc4ccc(C(F)(F)F)cc4[nH]3)cc2)S(=O)(=O)N1. The number of sulfonamides is 1. The molecule has 5 aromatic rings. The fourth-order valence-electron chi connectivity index (χ4n) is 4.99. The van der Waals surface area contributed by atoms with Crippen molar-refractivity contribution < 1.29 is 34.8 Å². The molecule has 1 fully saturated rings. The van der Waals surface area contributed by atoms with Gasteiger partial charge in [-0.05, 0) is 65.6 Å². The van der Waals surface area contributed by atoms with Crippen molar-refractivity contribution in [2.45, 2.75) is 23.5 Å². The number of nitrogens with one attached hydrogen (secondary N) is 3. The van der Waals surface area contributed by atoms with Crippen LogP contribution in [0.4, 0.5) is 18.9 Å². The van der Waals surface area contributed by atoms with Crippen LogP contribution in [-0.4, -0.2) is 39.3 Å². The van der Waals surface area contributed by atoms with Crippen LogP contribution in [0, 0.1) is 0 Å². The van der Waals surface area contributed by atoms with Gasteiger partial charge in [-0.3, -0.25) is 4.79 Å². The molecule has 1 aliphatic rings. The van der Waals surface area contributed by atoms with Crippen LogP contribution in [0.3, 0.4) is 0 Å². The van der Waals surface area contributed by atoms with Gasteiger partial charge in [-0.25, -0.2) is 27.2 Å². The summed E-state index contributed by atoms with van der Waals surface area (Å²) in [5.74, 6) is -0.598. The Morgan fingerprint density at radius 2 is 1.58 bits per heavy atom. The van der Waals surface area contributed by atoms with Crippen LogP contribution < -0.4 is 13.7 Å². The second-order valence-electron chi connectivity index (χ2n) is 10.3. The molecule has 1 saturated heterocycles. The van der Waals surface area contributed by atoms with Crippen LogP contribution in [0.15, 0.2) is 102 Å². The van der Waals surface area contributed by atoms with Crippen molar-refractivity contribution in [2.75, 3.05) is 10.8 Å². The zero-order chi connectivity index (χ0) is 32.0. The molecule has 0 bridgehead atoms. The third-order valence-corrected chi connectivity index (χ3v) is 10.1. The molecule has 0 aliphatic carbocycles. The van der Waals surface area contributed by atoms with Crippen LogP contribution in [0.1, 0.15) is 23.0 Å². The van der Waals surface area contributed by atoms with Gasteiger partial charge in [0.25, 0.3) is 5.91 Å². The maximum Gasteiger partial charge on any atom is 0.416 e. The van der Waals surface area contributed by atoms with Gasteiger partial charge in [-0.2, -0.15) is 21.6 Å². The Labute approximate surface area is 256 Å². The molecule has 6 rings (SSSR count). The summed E-state index contributed by atoms with van der Waals surface area (Å²) < 4.78 is 97.0. The first-order chi connectivity index (χ1) is 21.3. The first kappa shape index (κ1) is 30.3. The summed E-state index contributed by atoms with van der Waals surface area (Å²) in [5.41, 5.74) is 1.87. The second kappa shape index (κ2) is 11.3. The fraction of sp³-hybridized carbons (Fsp3) is 0.133. The lowest BCUT2D eigenvalue weighted by Crippen LogP contribution is -2.31. The number of nitrogens with zero attached hydrogens (tertiary/aromatic N) is 2. The summed E-state index contributed by atoms with van der Waals surface area (Å²) in [4.78, 5) is 18.8.